The molecule has 0 rings (SSSR count). The zero-order valence-corrected chi connectivity index (χ0v) is 4.69. The van der Waals surface area contributed by atoms with E-state index < -0.39 is 11.2 Å². The van der Waals surface area contributed by atoms with Crippen LogP contribution in [0.2, 0.25) is 0 Å². The van der Waals surface area contributed by atoms with Gasteiger partial charge < -0.3 is 9.94 Å². The Balaban J connectivity index is 3.26. The molecule has 0 aromatic heterocycles. The molecule has 9 heavy (non-hydrogen) atoms. The van der Waals surface area contributed by atoms with E-state index >= 15 is 0 Å². The Labute approximate surface area is 51.7 Å². The first-order valence-electron chi connectivity index (χ1n) is 2.24. The number of nitrogens with zero attached hydrogens (tertiary/aromatic N) is 1. The minimum Gasteiger partial charge on any atom is -0.387 e. The minimum absolute atomic E-state index is 0.351. The SMILES string of the molecule is C=CC(O)CO[N+](=O)[O-]. The average Bonchev–Trinajstić information content (AvgIpc) is 1.83. The van der Waals surface area contributed by atoms with Gasteiger partial charge in [-0.1, -0.05) is 6.08 Å². The zero-order chi connectivity index (χ0) is 7.28. The summed E-state index contributed by atoms with van der Waals surface area (Å²) < 4.78 is 0. The van der Waals surface area contributed by atoms with E-state index in [4.69, 9.17) is 5.11 Å². The summed E-state index contributed by atoms with van der Waals surface area (Å²) in [4.78, 5) is 13.3. The molecule has 0 radical (unpaired) electrons. The number of aliphatic hydroxyl groups excluding tert-OH is 1. The minimum atomic E-state index is -0.966. The fourth-order valence-corrected chi connectivity index (χ4v) is 0.205. The van der Waals surface area contributed by atoms with E-state index in [1.54, 1.807) is 0 Å². The molecule has 0 aliphatic heterocycles. The largest absolute Gasteiger partial charge is 0.387 e. The molecule has 0 aromatic carbocycles. The molecular formula is C4H7NO4. The highest BCUT2D eigenvalue weighted by molar-refractivity contribution is 4.76. The molecule has 0 aliphatic rings. The summed E-state index contributed by atoms with van der Waals surface area (Å²) >= 11 is 0. The molecule has 0 saturated heterocycles. The molecule has 0 amide bonds. The smallest absolute Gasteiger partial charge is 0.294 e. The van der Waals surface area contributed by atoms with Crippen molar-refractivity contribution >= 4 is 0 Å². The molecule has 0 aliphatic carbocycles. The standard InChI is InChI=1S/C4H7NO4/c1-2-4(6)3-9-5(7)8/h2,4,6H,1,3H2. The maximum Gasteiger partial charge on any atom is 0.294 e. The van der Waals surface area contributed by atoms with Gasteiger partial charge in [-0.15, -0.1) is 16.7 Å². The zero-order valence-electron chi connectivity index (χ0n) is 4.69. The van der Waals surface area contributed by atoms with E-state index in [-0.39, 0.29) is 6.61 Å². The molecule has 1 N–H and O–H groups in total. The number of hydrogen-bond donors (Lipinski definition) is 1. The van der Waals surface area contributed by atoms with Crippen LogP contribution in [0.3, 0.4) is 0 Å². The van der Waals surface area contributed by atoms with E-state index in [1.165, 1.54) is 0 Å². The molecule has 0 aromatic rings. The van der Waals surface area contributed by atoms with Gasteiger partial charge in [-0.05, 0) is 0 Å². The molecule has 1 unspecified atom stereocenters. The van der Waals surface area contributed by atoms with Crippen molar-refractivity contribution in [1.82, 2.24) is 0 Å². The van der Waals surface area contributed by atoms with E-state index in [1.807, 2.05) is 0 Å². The summed E-state index contributed by atoms with van der Waals surface area (Å²) in [6.07, 6.45) is 0.194. The van der Waals surface area contributed by atoms with Gasteiger partial charge in [0.05, 0.1) is 6.10 Å². The van der Waals surface area contributed by atoms with Crippen molar-refractivity contribution in [2.45, 2.75) is 6.10 Å². The van der Waals surface area contributed by atoms with Crippen molar-refractivity contribution in [2.75, 3.05) is 6.61 Å². The molecule has 52 valence electrons. The highest BCUT2D eigenvalue weighted by Crippen LogP contribution is 1.84. The third-order valence-electron chi connectivity index (χ3n) is 0.623. The van der Waals surface area contributed by atoms with Crippen LogP contribution in [0.5, 0.6) is 0 Å². The van der Waals surface area contributed by atoms with Crippen molar-refractivity contribution < 1.29 is 15.0 Å². The molecule has 5 heteroatoms. The third kappa shape index (κ3) is 4.76. The summed E-state index contributed by atoms with van der Waals surface area (Å²) in [7, 11) is 0. The van der Waals surface area contributed by atoms with Crippen LogP contribution in [-0.4, -0.2) is 22.9 Å². The molecule has 0 bridgehead atoms. The van der Waals surface area contributed by atoms with Crippen molar-refractivity contribution in [1.29, 1.82) is 0 Å². The Morgan fingerprint density at radius 3 is 2.89 bits per heavy atom. The predicted molar refractivity (Wildman–Crippen MR) is 29.2 cm³/mol. The third-order valence-corrected chi connectivity index (χ3v) is 0.623. The fourth-order valence-electron chi connectivity index (χ4n) is 0.205. The van der Waals surface area contributed by atoms with Crippen LogP contribution >= 0.6 is 0 Å². The number of rotatable bonds is 4. The topological polar surface area (TPSA) is 72.6 Å². The molecule has 0 saturated carbocycles. The summed E-state index contributed by atoms with van der Waals surface area (Å²) in [5.74, 6) is 0. The Morgan fingerprint density at radius 1 is 2.00 bits per heavy atom. The second-order valence-corrected chi connectivity index (χ2v) is 1.32. The van der Waals surface area contributed by atoms with Gasteiger partial charge in [0.2, 0.25) is 0 Å². The quantitative estimate of drug-likeness (QED) is 0.326. The first-order chi connectivity index (χ1) is 4.16. The second-order valence-electron chi connectivity index (χ2n) is 1.32. The van der Waals surface area contributed by atoms with E-state index in [9.17, 15) is 10.1 Å². The van der Waals surface area contributed by atoms with E-state index in [0.29, 0.717) is 0 Å². The van der Waals surface area contributed by atoms with Gasteiger partial charge in [0.15, 0.2) is 0 Å². The summed E-state index contributed by atoms with van der Waals surface area (Å²) in [6, 6.07) is 0. The van der Waals surface area contributed by atoms with Gasteiger partial charge in [0, 0.05) is 0 Å². The molecule has 0 heterocycles. The first kappa shape index (κ1) is 7.90. The van der Waals surface area contributed by atoms with E-state index in [0.717, 1.165) is 6.08 Å². The maximum absolute atomic E-state index is 9.46. The van der Waals surface area contributed by atoms with Gasteiger partial charge in [0.1, 0.15) is 6.61 Å². The molecule has 1 atom stereocenters. The van der Waals surface area contributed by atoms with Gasteiger partial charge in [0.25, 0.3) is 5.09 Å². The number of hydrogen-bond acceptors (Lipinski definition) is 4. The molecule has 5 nitrogen and oxygen atoms in total. The summed E-state index contributed by atoms with van der Waals surface area (Å²) in [5, 5.41) is 17.1. The lowest BCUT2D eigenvalue weighted by Gasteiger charge is -2.00. The highest BCUT2D eigenvalue weighted by Gasteiger charge is 1.99. The normalized spacial score (nSPS) is 12.1. The lowest BCUT2D eigenvalue weighted by Crippen LogP contribution is -2.14. The maximum atomic E-state index is 9.46. The van der Waals surface area contributed by atoms with Gasteiger partial charge in [-0.3, -0.25) is 0 Å². The van der Waals surface area contributed by atoms with Crippen LogP contribution in [0.1, 0.15) is 0 Å². The predicted octanol–water partition coefficient (Wildman–Crippen LogP) is -0.258. The Kier molecular flexibility index (Phi) is 3.38. The average molecular weight is 133 g/mol. The van der Waals surface area contributed by atoms with Gasteiger partial charge in [-0.2, -0.15) is 0 Å². The lowest BCUT2D eigenvalue weighted by molar-refractivity contribution is -0.758. The lowest BCUT2D eigenvalue weighted by atomic mass is 10.4. The van der Waals surface area contributed by atoms with Crippen LogP contribution in [0.15, 0.2) is 12.7 Å². The van der Waals surface area contributed by atoms with Crippen LogP contribution in [0, 0.1) is 10.1 Å². The Hall–Kier alpha value is -1.10. The Bertz CT molecular complexity index is 113. The summed E-state index contributed by atoms with van der Waals surface area (Å²) in [5.41, 5.74) is 0. The number of aliphatic hydroxyl groups is 1. The molecule has 0 spiro atoms. The fraction of sp³-hybridized carbons (Fsp3) is 0.500. The first-order valence-corrected chi connectivity index (χ1v) is 2.24. The van der Waals surface area contributed by atoms with Crippen molar-refractivity contribution in [3.05, 3.63) is 22.8 Å². The van der Waals surface area contributed by atoms with Gasteiger partial charge >= 0.3 is 0 Å². The second kappa shape index (κ2) is 3.85. The van der Waals surface area contributed by atoms with Crippen molar-refractivity contribution in [3.8, 4) is 0 Å². The summed E-state index contributed by atoms with van der Waals surface area (Å²) in [6.45, 7) is 2.84. The van der Waals surface area contributed by atoms with Crippen LogP contribution in [0.25, 0.3) is 0 Å². The monoisotopic (exact) mass is 133 g/mol. The van der Waals surface area contributed by atoms with Crippen LogP contribution in [0.4, 0.5) is 0 Å². The van der Waals surface area contributed by atoms with E-state index in [2.05, 4.69) is 11.4 Å². The van der Waals surface area contributed by atoms with Gasteiger partial charge in [-0.25, -0.2) is 0 Å². The highest BCUT2D eigenvalue weighted by atomic mass is 17.0. The Morgan fingerprint density at radius 2 is 2.56 bits per heavy atom. The van der Waals surface area contributed by atoms with Crippen molar-refractivity contribution in [2.24, 2.45) is 0 Å². The molecule has 0 fully saturated rings. The van der Waals surface area contributed by atoms with Crippen LogP contribution < -0.4 is 0 Å². The molecular weight excluding hydrogens is 126 g/mol. The van der Waals surface area contributed by atoms with Crippen molar-refractivity contribution in [3.63, 3.8) is 0 Å². The van der Waals surface area contributed by atoms with Crippen LogP contribution in [-0.2, 0) is 4.84 Å².